The van der Waals surface area contributed by atoms with Crippen molar-refractivity contribution in [2.45, 2.75) is 5.16 Å². The largest absolute Gasteiger partial charge is 0.493 e. The molecule has 0 aliphatic heterocycles. The van der Waals surface area contributed by atoms with E-state index in [-0.39, 0.29) is 16.5 Å². The van der Waals surface area contributed by atoms with Crippen LogP contribution in [0.15, 0.2) is 77.0 Å². The summed E-state index contributed by atoms with van der Waals surface area (Å²) in [5.41, 5.74) is 4.12. The SMILES string of the molecule is COc1ccc(-c2nnc(SCC(=O)N/N=C\c3cc([N+](=O)[O-])ccc3Cl)n2-c2ccccc2)cc1OC. The van der Waals surface area contributed by atoms with Crippen LogP contribution < -0.4 is 14.9 Å². The average Bonchev–Trinajstić information content (AvgIpc) is 3.36. The summed E-state index contributed by atoms with van der Waals surface area (Å²) in [4.78, 5) is 22.9. The number of hydrogen-bond donors (Lipinski definition) is 1. The van der Waals surface area contributed by atoms with E-state index in [1.165, 1.54) is 36.2 Å². The number of carbonyl (C=O) groups is 1. The molecule has 0 bridgehead atoms. The maximum Gasteiger partial charge on any atom is 0.270 e. The minimum atomic E-state index is -0.540. The number of hydrogen-bond acceptors (Lipinski definition) is 9. The molecule has 1 amide bonds. The molecule has 0 unspecified atom stereocenters. The van der Waals surface area contributed by atoms with Crippen LogP contribution in [-0.4, -0.2) is 51.8 Å². The van der Waals surface area contributed by atoms with Gasteiger partial charge in [-0.1, -0.05) is 41.6 Å². The number of halogens is 1. The number of carbonyl (C=O) groups excluding carboxylic acids is 1. The summed E-state index contributed by atoms with van der Waals surface area (Å²) in [7, 11) is 3.12. The highest BCUT2D eigenvalue weighted by Crippen LogP contribution is 2.34. The fourth-order valence-electron chi connectivity index (χ4n) is 3.42. The van der Waals surface area contributed by atoms with E-state index in [0.29, 0.717) is 28.0 Å². The highest BCUT2D eigenvalue weighted by Gasteiger charge is 2.19. The molecule has 3 aromatic carbocycles. The van der Waals surface area contributed by atoms with Gasteiger partial charge in [-0.2, -0.15) is 5.10 Å². The molecule has 38 heavy (non-hydrogen) atoms. The summed E-state index contributed by atoms with van der Waals surface area (Å²) >= 11 is 7.23. The molecule has 1 heterocycles. The maximum absolute atomic E-state index is 12.5. The second-order valence-corrected chi connectivity index (χ2v) is 8.94. The van der Waals surface area contributed by atoms with Gasteiger partial charge in [0.1, 0.15) is 0 Å². The lowest BCUT2D eigenvalue weighted by molar-refractivity contribution is -0.384. The third-order valence-electron chi connectivity index (χ3n) is 5.21. The Bertz CT molecular complexity index is 1500. The van der Waals surface area contributed by atoms with Crippen LogP contribution in [0.3, 0.4) is 0 Å². The number of hydrazone groups is 1. The van der Waals surface area contributed by atoms with Crippen molar-refractivity contribution in [3.8, 4) is 28.6 Å². The third-order valence-corrected chi connectivity index (χ3v) is 6.48. The van der Waals surface area contributed by atoms with Gasteiger partial charge in [-0.25, -0.2) is 5.43 Å². The van der Waals surface area contributed by atoms with E-state index in [1.807, 2.05) is 41.0 Å². The number of nitro benzene ring substituents is 1. The molecule has 194 valence electrons. The van der Waals surface area contributed by atoms with Gasteiger partial charge >= 0.3 is 0 Å². The van der Waals surface area contributed by atoms with Crippen molar-refractivity contribution in [3.05, 3.63) is 87.4 Å². The van der Waals surface area contributed by atoms with Crippen molar-refractivity contribution in [1.29, 1.82) is 0 Å². The fraction of sp³-hybridized carbons (Fsp3) is 0.120. The summed E-state index contributed by atoms with van der Waals surface area (Å²) in [5, 5.41) is 24.3. The number of benzene rings is 3. The van der Waals surface area contributed by atoms with Crippen LogP contribution in [0.25, 0.3) is 17.1 Å². The maximum atomic E-state index is 12.5. The second-order valence-electron chi connectivity index (χ2n) is 7.59. The predicted octanol–water partition coefficient (Wildman–Crippen LogP) is 4.76. The van der Waals surface area contributed by atoms with Gasteiger partial charge in [0.05, 0.1) is 31.1 Å². The number of ether oxygens (including phenoxy) is 2. The molecule has 4 rings (SSSR count). The predicted molar refractivity (Wildman–Crippen MR) is 144 cm³/mol. The standard InChI is InChI=1S/C25H21ClN6O5S/c1-36-21-11-8-16(13-22(21)37-2)24-29-30-25(31(24)18-6-4-3-5-7-18)38-15-23(33)28-27-14-17-12-19(32(34)35)9-10-20(17)26/h3-14H,15H2,1-2H3,(H,28,33)/b27-14-. The Kier molecular flexibility index (Phi) is 8.56. The van der Waals surface area contributed by atoms with E-state index in [2.05, 4.69) is 20.7 Å². The minimum absolute atomic E-state index is 0.0170. The second kappa shape index (κ2) is 12.2. The molecule has 0 saturated carbocycles. The van der Waals surface area contributed by atoms with Gasteiger partial charge in [-0.3, -0.25) is 19.5 Å². The highest BCUT2D eigenvalue weighted by atomic mass is 35.5. The number of nitrogens with one attached hydrogen (secondary N) is 1. The van der Waals surface area contributed by atoms with Crippen LogP contribution in [0.2, 0.25) is 5.02 Å². The number of nitro groups is 1. The number of amides is 1. The van der Waals surface area contributed by atoms with Crippen molar-refractivity contribution >= 4 is 41.2 Å². The van der Waals surface area contributed by atoms with Crippen LogP contribution >= 0.6 is 23.4 Å². The van der Waals surface area contributed by atoms with E-state index in [9.17, 15) is 14.9 Å². The molecule has 0 saturated heterocycles. The van der Waals surface area contributed by atoms with E-state index in [1.54, 1.807) is 26.4 Å². The fourth-order valence-corrected chi connectivity index (χ4v) is 4.33. The van der Waals surface area contributed by atoms with Gasteiger partial charge in [0.2, 0.25) is 0 Å². The van der Waals surface area contributed by atoms with E-state index < -0.39 is 10.8 Å². The van der Waals surface area contributed by atoms with Crippen LogP contribution in [-0.2, 0) is 4.79 Å². The first kappa shape index (κ1) is 26.6. The number of non-ortho nitro benzene ring substituents is 1. The van der Waals surface area contributed by atoms with Gasteiger partial charge < -0.3 is 9.47 Å². The summed E-state index contributed by atoms with van der Waals surface area (Å²) in [6, 6.07) is 18.9. The van der Waals surface area contributed by atoms with E-state index in [0.717, 1.165) is 11.3 Å². The Hall–Kier alpha value is -4.42. The molecule has 1 N–H and O–H groups in total. The van der Waals surface area contributed by atoms with Gasteiger partial charge in [0, 0.05) is 34.0 Å². The third kappa shape index (κ3) is 6.10. The topological polar surface area (TPSA) is 134 Å². The molecule has 4 aromatic rings. The van der Waals surface area contributed by atoms with Gasteiger partial charge in [-0.15, -0.1) is 10.2 Å². The van der Waals surface area contributed by atoms with Crippen molar-refractivity contribution in [1.82, 2.24) is 20.2 Å². The summed E-state index contributed by atoms with van der Waals surface area (Å²) in [6.07, 6.45) is 1.25. The Morgan fingerprint density at radius 2 is 1.87 bits per heavy atom. The van der Waals surface area contributed by atoms with Crippen LogP contribution in [0, 0.1) is 10.1 Å². The van der Waals surface area contributed by atoms with Crippen molar-refractivity contribution in [2.75, 3.05) is 20.0 Å². The molecule has 0 spiro atoms. The lowest BCUT2D eigenvalue weighted by atomic mass is 10.2. The zero-order chi connectivity index (χ0) is 27.1. The Morgan fingerprint density at radius 1 is 1.11 bits per heavy atom. The monoisotopic (exact) mass is 552 g/mol. The number of methoxy groups -OCH3 is 2. The summed E-state index contributed by atoms with van der Waals surface area (Å²) in [5.74, 6) is 1.25. The number of nitrogens with zero attached hydrogens (tertiary/aromatic N) is 5. The molecular weight excluding hydrogens is 532 g/mol. The van der Waals surface area contributed by atoms with Crippen LogP contribution in [0.1, 0.15) is 5.56 Å². The molecule has 11 nitrogen and oxygen atoms in total. The molecule has 0 fully saturated rings. The van der Waals surface area contributed by atoms with Crippen molar-refractivity contribution < 1.29 is 19.2 Å². The molecule has 0 aliphatic rings. The van der Waals surface area contributed by atoms with E-state index in [4.69, 9.17) is 21.1 Å². The zero-order valence-electron chi connectivity index (χ0n) is 20.2. The lowest BCUT2D eigenvalue weighted by Crippen LogP contribution is -2.20. The first-order valence-electron chi connectivity index (χ1n) is 11.0. The Balaban J connectivity index is 1.53. The van der Waals surface area contributed by atoms with Gasteiger partial charge in [-0.05, 0) is 36.4 Å². The van der Waals surface area contributed by atoms with Crippen molar-refractivity contribution in [3.63, 3.8) is 0 Å². The lowest BCUT2D eigenvalue weighted by Gasteiger charge is -2.12. The average molecular weight is 553 g/mol. The summed E-state index contributed by atoms with van der Waals surface area (Å²) < 4.78 is 12.6. The molecule has 1 aromatic heterocycles. The Morgan fingerprint density at radius 3 is 2.58 bits per heavy atom. The normalized spacial score (nSPS) is 10.9. The minimum Gasteiger partial charge on any atom is -0.493 e. The number of thioether (sulfide) groups is 1. The summed E-state index contributed by atoms with van der Waals surface area (Å²) in [6.45, 7) is 0. The Labute approximate surface area is 226 Å². The van der Waals surface area contributed by atoms with Crippen LogP contribution in [0.4, 0.5) is 5.69 Å². The smallest absolute Gasteiger partial charge is 0.270 e. The number of rotatable bonds is 10. The zero-order valence-corrected chi connectivity index (χ0v) is 21.8. The molecule has 0 aliphatic carbocycles. The molecular formula is C25H21ClN6O5S. The molecule has 0 radical (unpaired) electrons. The molecule has 0 atom stereocenters. The number of aromatic nitrogens is 3. The molecule has 13 heteroatoms. The van der Waals surface area contributed by atoms with Crippen LogP contribution in [0.5, 0.6) is 11.5 Å². The van der Waals surface area contributed by atoms with E-state index >= 15 is 0 Å². The number of para-hydroxylation sites is 1. The highest BCUT2D eigenvalue weighted by molar-refractivity contribution is 7.99. The quantitative estimate of drug-likeness (QED) is 0.129. The first-order valence-corrected chi connectivity index (χ1v) is 12.4. The first-order chi connectivity index (χ1) is 18.4. The van der Waals surface area contributed by atoms with Gasteiger partial charge in [0.25, 0.3) is 11.6 Å². The van der Waals surface area contributed by atoms with Crippen molar-refractivity contribution in [2.24, 2.45) is 5.10 Å². The van der Waals surface area contributed by atoms with Gasteiger partial charge in [0.15, 0.2) is 22.5 Å².